The van der Waals surface area contributed by atoms with Crippen molar-refractivity contribution in [3.8, 4) is 0 Å². The summed E-state index contributed by atoms with van der Waals surface area (Å²) in [5.74, 6) is 0.407. The van der Waals surface area contributed by atoms with E-state index in [-0.39, 0.29) is 11.5 Å². The second-order valence-corrected chi connectivity index (χ2v) is 4.95. The minimum absolute atomic E-state index is 0.0437. The van der Waals surface area contributed by atoms with E-state index in [1.54, 1.807) is 12.1 Å². The number of non-ortho nitro benzene ring substituents is 1. The average Bonchev–Trinajstić information content (AvgIpc) is 2.37. The zero-order chi connectivity index (χ0) is 14.4. The molecule has 5 nitrogen and oxygen atoms in total. The van der Waals surface area contributed by atoms with Gasteiger partial charge in [0.2, 0.25) is 0 Å². The lowest BCUT2D eigenvalue weighted by Gasteiger charge is -2.21. The number of nitro benzene ring substituents is 1. The third kappa shape index (κ3) is 4.79. The summed E-state index contributed by atoms with van der Waals surface area (Å²) in [6.45, 7) is 8.13. The third-order valence-electron chi connectivity index (χ3n) is 2.82. The zero-order valence-electron chi connectivity index (χ0n) is 11.6. The molecule has 1 rings (SSSR count). The van der Waals surface area contributed by atoms with Gasteiger partial charge in [-0.2, -0.15) is 0 Å². The fraction of sp³-hybridized carbons (Fsp3) is 0.500. The second kappa shape index (κ2) is 6.99. The molecule has 0 atom stereocenters. The molecular formula is C14H20N2O3. The largest absolute Gasteiger partial charge is 0.296 e. The number of nitrogens with zero attached hydrogens (tertiary/aromatic N) is 2. The molecule has 104 valence electrons. The van der Waals surface area contributed by atoms with Crippen molar-refractivity contribution in [1.82, 2.24) is 4.90 Å². The summed E-state index contributed by atoms with van der Waals surface area (Å²) >= 11 is 0. The summed E-state index contributed by atoms with van der Waals surface area (Å²) in [6, 6.07) is 5.90. The number of ketones is 1. The van der Waals surface area contributed by atoms with Crippen molar-refractivity contribution >= 4 is 11.5 Å². The molecule has 0 aliphatic heterocycles. The normalized spacial score (nSPS) is 11.0. The molecule has 0 aromatic heterocycles. The maximum Gasteiger partial charge on any atom is 0.270 e. The Morgan fingerprint density at radius 3 is 2.63 bits per heavy atom. The van der Waals surface area contributed by atoms with Crippen LogP contribution in [0.1, 0.15) is 31.1 Å². The first kappa shape index (κ1) is 15.3. The summed E-state index contributed by atoms with van der Waals surface area (Å²) in [6.07, 6.45) is 0. The van der Waals surface area contributed by atoms with Crippen LogP contribution in [0.4, 0.5) is 5.69 Å². The van der Waals surface area contributed by atoms with Crippen molar-refractivity contribution in [2.75, 3.05) is 19.6 Å². The predicted octanol–water partition coefficient (Wildman–Crippen LogP) is 2.76. The molecule has 0 saturated carbocycles. The van der Waals surface area contributed by atoms with E-state index in [0.717, 1.165) is 13.1 Å². The number of benzene rings is 1. The van der Waals surface area contributed by atoms with Crippen molar-refractivity contribution in [3.63, 3.8) is 0 Å². The van der Waals surface area contributed by atoms with E-state index in [9.17, 15) is 14.9 Å². The number of Topliss-reactive ketones (excluding diaryl/α,β-unsaturated/α-hetero) is 1. The maximum absolute atomic E-state index is 12.1. The van der Waals surface area contributed by atoms with Crippen LogP contribution in [0.15, 0.2) is 24.3 Å². The lowest BCUT2D eigenvalue weighted by molar-refractivity contribution is -0.384. The van der Waals surface area contributed by atoms with Crippen LogP contribution in [-0.2, 0) is 0 Å². The molecule has 1 aromatic carbocycles. The molecule has 5 heteroatoms. The first-order valence-corrected chi connectivity index (χ1v) is 6.44. The maximum atomic E-state index is 12.1. The monoisotopic (exact) mass is 264 g/mol. The highest BCUT2D eigenvalue weighted by Gasteiger charge is 2.15. The van der Waals surface area contributed by atoms with Gasteiger partial charge in [-0.3, -0.25) is 19.8 Å². The molecule has 0 aliphatic rings. The van der Waals surface area contributed by atoms with E-state index in [1.807, 2.05) is 11.8 Å². The van der Waals surface area contributed by atoms with Gasteiger partial charge in [-0.05, 0) is 12.5 Å². The Morgan fingerprint density at radius 1 is 1.42 bits per heavy atom. The van der Waals surface area contributed by atoms with Gasteiger partial charge in [0.25, 0.3) is 5.69 Å². The van der Waals surface area contributed by atoms with Crippen molar-refractivity contribution < 1.29 is 9.72 Å². The summed E-state index contributed by atoms with van der Waals surface area (Å²) < 4.78 is 0. The SMILES string of the molecule is CCN(CC(=O)c1cccc([N+](=O)[O-])c1)CC(C)C. The highest BCUT2D eigenvalue weighted by molar-refractivity contribution is 5.98. The molecule has 1 aromatic rings. The van der Waals surface area contributed by atoms with Gasteiger partial charge in [0, 0.05) is 24.2 Å². The predicted molar refractivity (Wildman–Crippen MR) is 74.4 cm³/mol. The Bertz CT molecular complexity index is 458. The quantitative estimate of drug-likeness (QED) is 0.431. The van der Waals surface area contributed by atoms with E-state index in [2.05, 4.69) is 13.8 Å². The topological polar surface area (TPSA) is 63.5 Å². The van der Waals surface area contributed by atoms with Crippen LogP contribution < -0.4 is 0 Å². The smallest absolute Gasteiger partial charge is 0.270 e. The molecule has 0 radical (unpaired) electrons. The Hall–Kier alpha value is -1.75. The van der Waals surface area contributed by atoms with E-state index < -0.39 is 4.92 Å². The Balaban J connectivity index is 2.77. The zero-order valence-corrected chi connectivity index (χ0v) is 11.6. The van der Waals surface area contributed by atoms with Crippen LogP contribution in [0.25, 0.3) is 0 Å². The van der Waals surface area contributed by atoms with E-state index >= 15 is 0 Å². The lowest BCUT2D eigenvalue weighted by atomic mass is 10.1. The van der Waals surface area contributed by atoms with Crippen molar-refractivity contribution in [1.29, 1.82) is 0 Å². The molecule has 0 fully saturated rings. The van der Waals surface area contributed by atoms with Gasteiger partial charge in [-0.15, -0.1) is 0 Å². The van der Waals surface area contributed by atoms with E-state index in [1.165, 1.54) is 12.1 Å². The minimum Gasteiger partial charge on any atom is -0.296 e. The first-order valence-electron chi connectivity index (χ1n) is 6.44. The van der Waals surface area contributed by atoms with E-state index in [4.69, 9.17) is 0 Å². The summed E-state index contributed by atoms with van der Waals surface area (Å²) in [5, 5.41) is 10.7. The molecule has 0 N–H and O–H groups in total. The Kier molecular flexibility index (Phi) is 5.63. The Morgan fingerprint density at radius 2 is 2.11 bits per heavy atom. The number of hydrogen-bond acceptors (Lipinski definition) is 4. The van der Waals surface area contributed by atoms with Crippen LogP contribution >= 0.6 is 0 Å². The van der Waals surface area contributed by atoms with Gasteiger partial charge >= 0.3 is 0 Å². The average molecular weight is 264 g/mol. The van der Waals surface area contributed by atoms with Gasteiger partial charge in [0.15, 0.2) is 5.78 Å². The third-order valence-corrected chi connectivity index (χ3v) is 2.82. The molecule has 0 spiro atoms. The van der Waals surface area contributed by atoms with Crippen LogP contribution in [-0.4, -0.2) is 35.2 Å². The summed E-state index contributed by atoms with van der Waals surface area (Å²) in [7, 11) is 0. The number of rotatable bonds is 7. The standard InChI is InChI=1S/C14H20N2O3/c1-4-15(9-11(2)3)10-14(17)12-6-5-7-13(8-12)16(18)19/h5-8,11H,4,9-10H2,1-3H3. The summed E-state index contributed by atoms with van der Waals surface area (Å²) in [5.41, 5.74) is 0.356. The first-order chi connectivity index (χ1) is 8.93. The summed E-state index contributed by atoms with van der Waals surface area (Å²) in [4.78, 5) is 24.4. The molecule has 0 saturated heterocycles. The molecule has 0 heterocycles. The second-order valence-electron chi connectivity index (χ2n) is 4.95. The van der Waals surface area contributed by atoms with Crippen molar-refractivity contribution in [2.24, 2.45) is 5.92 Å². The molecule has 19 heavy (non-hydrogen) atoms. The van der Waals surface area contributed by atoms with Gasteiger partial charge in [-0.1, -0.05) is 32.9 Å². The fourth-order valence-electron chi connectivity index (χ4n) is 1.91. The number of likely N-dealkylation sites (N-methyl/N-ethyl adjacent to an activating group) is 1. The van der Waals surface area contributed by atoms with Gasteiger partial charge in [0.05, 0.1) is 11.5 Å². The van der Waals surface area contributed by atoms with Crippen LogP contribution in [0.3, 0.4) is 0 Å². The van der Waals surface area contributed by atoms with Crippen LogP contribution in [0.2, 0.25) is 0 Å². The molecule has 0 amide bonds. The number of carbonyl (C=O) groups excluding carboxylic acids is 1. The van der Waals surface area contributed by atoms with Crippen LogP contribution in [0.5, 0.6) is 0 Å². The van der Waals surface area contributed by atoms with Crippen LogP contribution in [0, 0.1) is 16.0 Å². The Labute approximate surface area is 113 Å². The fourth-order valence-corrected chi connectivity index (χ4v) is 1.91. The highest BCUT2D eigenvalue weighted by atomic mass is 16.6. The molecule has 0 aliphatic carbocycles. The molecule has 0 bridgehead atoms. The number of nitro groups is 1. The van der Waals surface area contributed by atoms with Gasteiger partial charge in [0.1, 0.15) is 0 Å². The lowest BCUT2D eigenvalue weighted by Crippen LogP contribution is -2.32. The van der Waals surface area contributed by atoms with Gasteiger partial charge in [-0.25, -0.2) is 0 Å². The number of hydrogen-bond donors (Lipinski definition) is 0. The molecule has 0 unspecified atom stereocenters. The minimum atomic E-state index is -0.484. The van der Waals surface area contributed by atoms with Crippen molar-refractivity contribution in [2.45, 2.75) is 20.8 Å². The van der Waals surface area contributed by atoms with E-state index in [0.29, 0.717) is 18.0 Å². The number of carbonyl (C=O) groups is 1. The van der Waals surface area contributed by atoms with Gasteiger partial charge < -0.3 is 0 Å². The van der Waals surface area contributed by atoms with Crippen molar-refractivity contribution in [3.05, 3.63) is 39.9 Å². The molecular weight excluding hydrogens is 244 g/mol. The highest BCUT2D eigenvalue weighted by Crippen LogP contribution is 2.14.